The van der Waals surface area contributed by atoms with Gasteiger partial charge in [0.05, 0.1) is 0 Å². The molecular formula is C19H14Cl3NO3PS+. The number of carbonyl (C=O) groups excluding carboxylic acids is 1. The van der Waals surface area contributed by atoms with E-state index < -0.39 is 13.9 Å². The predicted octanol–water partition coefficient (Wildman–Crippen LogP) is 6.47. The van der Waals surface area contributed by atoms with Gasteiger partial charge in [-0.25, -0.2) is 0 Å². The standard InChI is InChI=1S/C19H13Cl3NO3PS/c20-12-1-2-18-15(8-12)17(10-28-18)16(9-27(25)26)19(24)23-4-3-11-5-13(21)7-14(22)6-11/h1-8,10,16H,9H2,(H-,23,24,25,26)/p+1. The molecule has 0 aliphatic heterocycles. The van der Waals surface area contributed by atoms with Gasteiger partial charge in [0.1, 0.15) is 5.92 Å². The third kappa shape index (κ3) is 5.32. The summed E-state index contributed by atoms with van der Waals surface area (Å²) in [6.07, 6.45) is 2.92. The minimum Gasteiger partial charge on any atom is -0.332 e. The van der Waals surface area contributed by atoms with Crippen molar-refractivity contribution in [3.05, 3.63) is 74.2 Å². The fraction of sp³-hybridized carbons (Fsp3) is 0.105. The molecule has 9 heteroatoms. The van der Waals surface area contributed by atoms with E-state index in [0.29, 0.717) is 20.6 Å². The summed E-state index contributed by atoms with van der Waals surface area (Å²) < 4.78 is 12.4. The van der Waals surface area contributed by atoms with Gasteiger partial charge in [-0.2, -0.15) is 4.89 Å². The molecular weight excluding hydrogens is 460 g/mol. The smallest absolute Gasteiger partial charge is 0.332 e. The second-order valence-electron chi connectivity index (χ2n) is 5.96. The molecule has 0 saturated carbocycles. The highest BCUT2D eigenvalue weighted by atomic mass is 35.5. The third-order valence-electron chi connectivity index (χ3n) is 3.98. The SMILES string of the molecule is O=C(NC=Cc1cc(Cl)cc(Cl)c1)C(C[P+](=O)O)c1csc2ccc(Cl)cc12. The molecule has 4 nitrogen and oxygen atoms in total. The van der Waals surface area contributed by atoms with Crippen LogP contribution in [-0.4, -0.2) is 17.0 Å². The summed E-state index contributed by atoms with van der Waals surface area (Å²) in [6.45, 7) is 0. The van der Waals surface area contributed by atoms with E-state index in [-0.39, 0.29) is 12.1 Å². The zero-order chi connectivity index (χ0) is 20.3. The van der Waals surface area contributed by atoms with Crippen LogP contribution >= 0.6 is 54.2 Å². The number of hydrogen-bond donors (Lipinski definition) is 2. The van der Waals surface area contributed by atoms with Crippen LogP contribution < -0.4 is 5.32 Å². The summed E-state index contributed by atoms with van der Waals surface area (Å²) in [5.74, 6) is -1.17. The van der Waals surface area contributed by atoms with E-state index in [1.165, 1.54) is 17.5 Å². The van der Waals surface area contributed by atoms with Crippen molar-refractivity contribution in [2.75, 3.05) is 6.16 Å². The van der Waals surface area contributed by atoms with E-state index in [9.17, 15) is 14.3 Å². The fourth-order valence-electron chi connectivity index (χ4n) is 2.76. The van der Waals surface area contributed by atoms with Crippen molar-refractivity contribution in [1.82, 2.24) is 5.32 Å². The lowest BCUT2D eigenvalue weighted by atomic mass is 9.99. The van der Waals surface area contributed by atoms with Crippen LogP contribution in [0.2, 0.25) is 15.1 Å². The number of nitrogens with one attached hydrogen (secondary N) is 1. The molecule has 3 aromatic rings. The second kappa shape index (κ2) is 9.36. The van der Waals surface area contributed by atoms with Crippen molar-refractivity contribution in [2.45, 2.75) is 5.92 Å². The van der Waals surface area contributed by atoms with E-state index in [1.54, 1.807) is 36.4 Å². The Labute approximate surface area is 181 Å². The molecule has 3 rings (SSSR count). The monoisotopic (exact) mass is 472 g/mol. The molecule has 0 fully saturated rings. The molecule has 1 aromatic heterocycles. The molecule has 1 heterocycles. The number of benzene rings is 2. The molecule has 0 radical (unpaired) electrons. The maximum absolute atomic E-state index is 12.7. The quantitative estimate of drug-likeness (QED) is 0.403. The lowest BCUT2D eigenvalue weighted by Gasteiger charge is -2.10. The Morgan fingerprint density at radius 1 is 1.14 bits per heavy atom. The highest BCUT2D eigenvalue weighted by Gasteiger charge is 2.31. The second-order valence-corrected chi connectivity index (χ2v) is 9.25. The Morgan fingerprint density at radius 2 is 1.86 bits per heavy atom. The van der Waals surface area contributed by atoms with Gasteiger partial charge in [-0.15, -0.1) is 11.3 Å². The molecule has 0 bridgehead atoms. The first-order chi connectivity index (χ1) is 13.3. The first-order valence-electron chi connectivity index (χ1n) is 8.06. The molecule has 2 aromatic carbocycles. The molecule has 2 unspecified atom stereocenters. The normalized spacial score (nSPS) is 13.1. The Kier molecular flexibility index (Phi) is 7.10. The molecule has 0 saturated heterocycles. The first-order valence-corrected chi connectivity index (χ1v) is 11.5. The summed E-state index contributed by atoms with van der Waals surface area (Å²) in [4.78, 5) is 22.2. The number of halogens is 3. The highest BCUT2D eigenvalue weighted by Crippen LogP contribution is 2.36. The van der Waals surface area contributed by atoms with Crippen LogP contribution in [0.1, 0.15) is 17.0 Å². The molecule has 28 heavy (non-hydrogen) atoms. The number of carbonyl (C=O) groups is 1. The van der Waals surface area contributed by atoms with Crippen molar-refractivity contribution in [1.29, 1.82) is 0 Å². The van der Waals surface area contributed by atoms with Gasteiger partial charge in [0, 0.05) is 26.0 Å². The lowest BCUT2D eigenvalue weighted by Crippen LogP contribution is -2.26. The van der Waals surface area contributed by atoms with Gasteiger partial charge >= 0.3 is 8.03 Å². The maximum Gasteiger partial charge on any atom is 0.506 e. The summed E-state index contributed by atoms with van der Waals surface area (Å²) in [5, 5.41) is 6.80. The van der Waals surface area contributed by atoms with Crippen LogP contribution in [0.25, 0.3) is 16.2 Å². The molecule has 144 valence electrons. The average Bonchev–Trinajstić information content (AvgIpc) is 3.01. The van der Waals surface area contributed by atoms with Crippen molar-refractivity contribution < 1.29 is 14.3 Å². The first kappa shape index (κ1) is 21.3. The van der Waals surface area contributed by atoms with Crippen LogP contribution in [0.5, 0.6) is 0 Å². The largest absolute Gasteiger partial charge is 0.506 e. The Morgan fingerprint density at radius 3 is 2.54 bits per heavy atom. The predicted molar refractivity (Wildman–Crippen MR) is 118 cm³/mol. The average molecular weight is 474 g/mol. The zero-order valence-corrected chi connectivity index (χ0v) is 18.2. The van der Waals surface area contributed by atoms with Gasteiger partial charge < -0.3 is 5.32 Å². The minimum atomic E-state index is -2.51. The lowest BCUT2D eigenvalue weighted by molar-refractivity contribution is -0.121. The van der Waals surface area contributed by atoms with Gasteiger partial charge in [0.25, 0.3) is 0 Å². The van der Waals surface area contributed by atoms with E-state index in [0.717, 1.165) is 15.6 Å². The number of hydrogen-bond acceptors (Lipinski definition) is 3. The van der Waals surface area contributed by atoms with E-state index in [1.807, 2.05) is 11.4 Å². The molecule has 1 amide bonds. The topological polar surface area (TPSA) is 66.4 Å². The molecule has 0 aliphatic rings. The third-order valence-corrected chi connectivity index (χ3v) is 6.31. The molecule has 2 N–H and O–H groups in total. The van der Waals surface area contributed by atoms with E-state index in [4.69, 9.17) is 34.8 Å². The summed E-state index contributed by atoms with van der Waals surface area (Å²) >= 11 is 19.5. The van der Waals surface area contributed by atoms with Gasteiger partial charge in [0.2, 0.25) is 5.91 Å². The van der Waals surface area contributed by atoms with Gasteiger partial charge in [-0.05, 0) is 68.9 Å². The van der Waals surface area contributed by atoms with Crippen LogP contribution in [0.4, 0.5) is 0 Å². The fourth-order valence-corrected chi connectivity index (χ4v) is 5.15. The molecule has 0 aliphatic carbocycles. The zero-order valence-electron chi connectivity index (χ0n) is 14.2. The maximum atomic E-state index is 12.7. The summed E-state index contributed by atoms with van der Waals surface area (Å²) in [6, 6.07) is 10.4. The van der Waals surface area contributed by atoms with E-state index >= 15 is 0 Å². The van der Waals surface area contributed by atoms with Crippen molar-refractivity contribution in [3.63, 3.8) is 0 Å². The van der Waals surface area contributed by atoms with Crippen LogP contribution in [0, 0.1) is 0 Å². The van der Waals surface area contributed by atoms with Crippen LogP contribution in [0.15, 0.2) is 48.0 Å². The molecule has 0 spiro atoms. The van der Waals surface area contributed by atoms with E-state index in [2.05, 4.69) is 5.32 Å². The molecule has 2 atom stereocenters. The number of thiophene rings is 1. The highest BCUT2D eigenvalue weighted by molar-refractivity contribution is 7.38. The number of fused-ring (bicyclic) bond motifs is 1. The van der Waals surface area contributed by atoms with Crippen molar-refractivity contribution in [2.24, 2.45) is 0 Å². The van der Waals surface area contributed by atoms with Gasteiger partial charge in [-0.3, -0.25) is 4.79 Å². The summed E-state index contributed by atoms with van der Waals surface area (Å²) in [5.41, 5.74) is 1.40. The Hall–Kier alpha value is -1.46. The number of rotatable bonds is 6. The number of amides is 1. The summed E-state index contributed by atoms with van der Waals surface area (Å²) in [7, 11) is -2.51. The van der Waals surface area contributed by atoms with Crippen LogP contribution in [0.3, 0.4) is 0 Å². The Balaban J connectivity index is 1.84. The van der Waals surface area contributed by atoms with Crippen LogP contribution in [-0.2, 0) is 9.36 Å². The van der Waals surface area contributed by atoms with Gasteiger partial charge in [-0.1, -0.05) is 34.8 Å². The van der Waals surface area contributed by atoms with Crippen molar-refractivity contribution >= 4 is 76.2 Å². The van der Waals surface area contributed by atoms with Gasteiger partial charge in [0.15, 0.2) is 6.16 Å². The minimum absolute atomic E-state index is 0.184. The Bertz CT molecular complexity index is 1060. The van der Waals surface area contributed by atoms with Crippen molar-refractivity contribution in [3.8, 4) is 0 Å².